The zero-order chi connectivity index (χ0) is 11.7. The van der Waals surface area contributed by atoms with E-state index in [0.717, 1.165) is 37.3 Å². The van der Waals surface area contributed by atoms with Crippen molar-refractivity contribution in [1.82, 2.24) is 14.9 Å². The summed E-state index contributed by atoms with van der Waals surface area (Å²) in [5, 5.41) is 14.0. The number of hydrogen-bond acceptors (Lipinski definition) is 4. The van der Waals surface area contributed by atoms with Gasteiger partial charge in [0.2, 0.25) is 5.82 Å². The maximum absolute atomic E-state index is 10.9. The number of aromatic nitrogens is 2. The van der Waals surface area contributed by atoms with E-state index in [4.69, 9.17) is 0 Å². The van der Waals surface area contributed by atoms with Gasteiger partial charge in [-0.1, -0.05) is 0 Å². The maximum atomic E-state index is 10.9. The van der Waals surface area contributed by atoms with Crippen LogP contribution in [0, 0.1) is 17.0 Å². The largest absolute Gasteiger partial charge is 0.385 e. The predicted octanol–water partition coefficient (Wildman–Crippen LogP) is 1.20. The summed E-state index contributed by atoms with van der Waals surface area (Å²) in [5.74, 6) is 0.792. The number of nitro groups is 1. The number of imidazole rings is 1. The number of nitrogens with one attached hydrogen (secondary N) is 1. The van der Waals surface area contributed by atoms with Gasteiger partial charge < -0.3 is 20.0 Å². The van der Waals surface area contributed by atoms with E-state index >= 15 is 0 Å². The van der Waals surface area contributed by atoms with Gasteiger partial charge in [0.25, 0.3) is 0 Å². The van der Waals surface area contributed by atoms with Crippen LogP contribution in [0.1, 0.15) is 30.4 Å². The molecule has 6 nitrogen and oxygen atoms in total. The number of fused-ring (bicyclic) bond motifs is 1. The molecule has 1 atom stereocenters. The summed E-state index contributed by atoms with van der Waals surface area (Å²) in [5.41, 5.74) is 0.786. The quantitative estimate of drug-likeness (QED) is 0.618. The molecule has 6 heteroatoms. The molecule has 0 fully saturated rings. The Labute approximate surface area is 93.8 Å². The monoisotopic (exact) mass is 224 g/mol. The van der Waals surface area contributed by atoms with Crippen LogP contribution in [-0.4, -0.2) is 28.1 Å². The number of aryl methyl sites for hydroxylation is 1. The van der Waals surface area contributed by atoms with Gasteiger partial charge in [-0.15, -0.1) is 0 Å². The molecule has 88 valence electrons. The molecule has 0 aromatic carbocycles. The molecule has 2 heterocycles. The van der Waals surface area contributed by atoms with E-state index in [1.54, 1.807) is 0 Å². The Kier molecular flexibility index (Phi) is 2.91. The van der Waals surface area contributed by atoms with Gasteiger partial charge in [-0.2, -0.15) is 0 Å². The topological polar surface area (TPSA) is 73.0 Å². The summed E-state index contributed by atoms with van der Waals surface area (Å²) < 4.78 is 2.03. The zero-order valence-corrected chi connectivity index (χ0v) is 9.56. The van der Waals surface area contributed by atoms with E-state index in [0.29, 0.717) is 6.04 Å². The van der Waals surface area contributed by atoms with E-state index < -0.39 is 0 Å². The molecule has 0 spiro atoms. The summed E-state index contributed by atoms with van der Waals surface area (Å²) in [6.07, 6.45) is 2.82. The third kappa shape index (κ3) is 1.69. The number of nitrogens with zero attached hydrogens (tertiary/aromatic N) is 3. The first-order chi connectivity index (χ1) is 7.65. The Hall–Kier alpha value is -1.43. The van der Waals surface area contributed by atoms with Crippen molar-refractivity contribution in [3.63, 3.8) is 0 Å². The first kappa shape index (κ1) is 11.1. The summed E-state index contributed by atoms with van der Waals surface area (Å²) >= 11 is 0. The van der Waals surface area contributed by atoms with E-state index in [2.05, 4.69) is 10.3 Å². The zero-order valence-electron chi connectivity index (χ0n) is 9.56. The minimum absolute atomic E-state index is 0.0401. The van der Waals surface area contributed by atoms with Gasteiger partial charge in [-0.05, 0) is 36.2 Å². The molecule has 0 amide bonds. The highest BCUT2D eigenvalue weighted by Gasteiger charge is 2.31. The van der Waals surface area contributed by atoms with Gasteiger partial charge in [0.15, 0.2) is 0 Å². The summed E-state index contributed by atoms with van der Waals surface area (Å²) in [6.45, 7) is 2.67. The predicted molar refractivity (Wildman–Crippen MR) is 59.5 cm³/mol. The molecule has 0 bridgehead atoms. The molecular formula is C10H16N4O2. The summed E-state index contributed by atoms with van der Waals surface area (Å²) in [4.78, 5) is 14.6. The van der Waals surface area contributed by atoms with Crippen molar-refractivity contribution < 1.29 is 4.92 Å². The summed E-state index contributed by atoms with van der Waals surface area (Å²) in [7, 11) is 1.90. The third-order valence-electron chi connectivity index (χ3n) is 3.09. The average molecular weight is 224 g/mol. The Morgan fingerprint density at radius 1 is 1.69 bits per heavy atom. The molecule has 2 rings (SSSR count). The molecule has 0 saturated heterocycles. The minimum atomic E-state index is -0.374. The van der Waals surface area contributed by atoms with Crippen LogP contribution in [0.15, 0.2) is 0 Å². The van der Waals surface area contributed by atoms with Crippen LogP contribution < -0.4 is 5.32 Å². The van der Waals surface area contributed by atoms with Crippen molar-refractivity contribution in [1.29, 1.82) is 0 Å². The van der Waals surface area contributed by atoms with Crippen LogP contribution in [0.2, 0.25) is 0 Å². The lowest BCUT2D eigenvalue weighted by molar-refractivity contribution is -0.390. The highest BCUT2D eigenvalue weighted by molar-refractivity contribution is 5.31. The van der Waals surface area contributed by atoms with Crippen LogP contribution in [0.25, 0.3) is 0 Å². The SMILES string of the molecule is CNCC1CCCc2c([N+](=O)[O-])nc(C)n21. The number of hydrogen-bond donors (Lipinski definition) is 1. The number of likely N-dealkylation sites (N-methyl/N-ethyl adjacent to an activating group) is 1. The highest BCUT2D eigenvalue weighted by Crippen LogP contribution is 2.31. The molecule has 1 aliphatic heterocycles. The Morgan fingerprint density at radius 2 is 2.44 bits per heavy atom. The molecule has 0 saturated carbocycles. The molecule has 0 radical (unpaired) electrons. The lowest BCUT2D eigenvalue weighted by Crippen LogP contribution is -2.27. The fraction of sp³-hybridized carbons (Fsp3) is 0.700. The van der Waals surface area contributed by atoms with Gasteiger partial charge in [0.05, 0.1) is 0 Å². The van der Waals surface area contributed by atoms with Crippen molar-refractivity contribution in [3.05, 3.63) is 21.6 Å². The van der Waals surface area contributed by atoms with Crippen molar-refractivity contribution >= 4 is 5.82 Å². The standard InChI is InChI=1S/C10H16N4O2/c1-7-12-10(14(15)16)9-5-3-4-8(6-11-2)13(7)9/h8,11H,3-6H2,1-2H3. The van der Waals surface area contributed by atoms with Crippen molar-refractivity contribution in [3.8, 4) is 0 Å². The molecule has 16 heavy (non-hydrogen) atoms. The van der Waals surface area contributed by atoms with Gasteiger partial charge in [-0.3, -0.25) is 0 Å². The molecule has 1 aromatic heterocycles. The Balaban J connectivity index is 2.44. The van der Waals surface area contributed by atoms with Gasteiger partial charge in [0.1, 0.15) is 5.69 Å². The number of rotatable bonds is 3. The van der Waals surface area contributed by atoms with Crippen molar-refractivity contribution in [2.45, 2.75) is 32.2 Å². The summed E-state index contributed by atoms with van der Waals surface area (Å²) in [6, 6.07) is 0.301. The van der Waals surface area contributed by atoms with Crippen LogP contribution in [-0.2, 0) is 6.42 Å². The minimum Gasteiger partial charge on any atom is -0.358 e. The second kappa shape index (κ2) is 4.21. The van der Waals surface area contributed by atoms with Gasteiger partial charge in [0, 0.05) is 19.5 Å². The first-order valence-corrected chi connectivity index (χ1v) is 5.51. The second-order valence-corrected chi connectivity index (χ2v) is 4.16. The smallest absolute Gasteiger partial charge is 0.358 e. The first-order valence-electron chi connectivity index (χ1n) is 5.51. The molecule has 1 unspecified atom stereocenters. The van der Waals surface area contributed by atoms with Crippen molar-refractivity contribution in [2.24, 2.45) is 0 Å². The van der Waals surface area contributed by atoms with Crippen LogP contribution in [0.3, 0.4) is 0 Å². The molecule has 1 aliphatic rings. The maximum Gasteiger partial charge on any atom is 0.385 e. The molecule has 0 aliphatic carbocycles. The van der Waals surface area contributed by atoms with Crippen molar-refractivity contribution in [2.75, 3.05) is 13.6 Å². The lowest BCUT2D eigenvalue weighted by Gasteiger charge is -2.24. The van der Waals surface area contributed by atoms with E-state index in [9.17, 15) is 10.1 Å². The Bertz CT molecular complexity index is 413. The lowest BCUT2D eigenvalue weighted by atomic mass is 10.0. The van der Waals surface area contributed by atoms with Gasteiger partial charge >= 0.3 is 5.82 Å². The second-order valence-electron chi connectivity index (χ2n) is 4.16. The fourth-order valence-electron chi connectivity index (χ4n) is 2.50. The fourth-order valence-corrected chi connectivity index (χ4v) is 2.50. The molecule has 1 aromatic rings. The normalized spacial score (nSPS) is 19.5. The third-order valence-corrected chi connectivity index (χ3v) is 3.09. The van der Waals surface area contributed by atoms with E-state index in [-0.39, 0.29) is 10.7 Å². The van der Waals surface area contributed by atoms with E-state index in [1.807, 2.05) is 18.5 Å². The van der Waals surface area contributed by atoms with Crippen LogP contribution in [0.5, 0.6) is 0 Å². The van der Waals surface area contributed by atoms with Crippen LogP contribution >= 0.6 is 0 Å². The van der Waals surface area contributed by atoms with E-state index in [1.165, 1.54) is 0 Å². The highest BCUT2D eigenvalue weighted by atomic mass is 16.6. The molecule has 1 N–H and O–H groups in total. The Morgan fingerprint density at radius 3 is 3.06 bits per heavy atom. The molecular weight excluding hydrogens is 208 g/mol. The average Bonchev–Trinajstić information content (AvgIpc) is 2.58. The van der Waals surface area contributed by atoms with Gasteiger partial charge in [-0.25, -0.2) is 0 Å². The van der Waals surface area contributed by atoms with Crippen LogP contribution in [0.4, 0.5) is 5.82 Å².